The lowest BCUT2D eigenvalue weighted by atomic mass is 9.95. The fourth-order valence-corrected chi connectivity index (χ4v) is 4.90. The molecule has 1 atom stereocenters. The summed E-state index contributed by atoms with van der Waals surface area (Å²) < 4.78 is 6.06. The van der Waals surface area contributed by atoms with E-state index in [1.807, 2.05) is 6.07 Å². The molecule has 1 fully saturated rings. The maximum atomic E-state index is 13.2. The summed E-state index contributed by atoms with van der Waals surface area (Å²) in [6.45, 7) is 0. The Kier molecular flexibility index (Phi) is 5.07. The molecule has 1 aliphatic heterocycles. The average Bonchev–Trinajstić information content (AvgIpc) is 3.37. The first-order chi connectivity index (χ1) is 16.0. The van der Waals surface area contributed by atoms with Crippen molar-refractivity contribution < 1.29 is 24.5 Å². The van der Waals surface area contributed by atoms with Gasteiger partial charge in [0.05, 0.1) is 28.9 Å². The van der Waals surface area contributed by atoms with E-state index in [0.717, 1.165) is 4.70 Å². The van der Waals surface area contributed by atoms with Gasteiger partial charge in [-0.05, 0) is 35.9 Å². The molecular weight excluding hydrogens is 440 g/mol. The second-order valence-corrected chi connectivity index (χ2v) is 8.47. The molecule has 4 aromatic rings. The third-order valence-electron chi connectivity index (χ3n) is 5.49. The van der Waals surface area contributed by atoms with Crippen molar-refractivity contribution in [3.05, 3.63) is 89.5 Å². The Morgan fingerprint density at radius 1 is 1.03 bits per heavy atom. The number of fused-ring (bicyclic) bond motifs is 1. The predicted octanol–water partition coefficient (Wildman–Crippen LogP) is 4.64. The number of Topliss-reactive ketones (excluding diaryl/α,β-unsaturated/α-hetero) is 1. The van der Waals surface area contributed by atoms with E-state index in [-0.39, 0.29) is 17.1 Å². The van der Waals surface area contributed by atoms with Crippen molar-refractivity contribution in [3.8, 4) is 11.5 Å². The number of aromatic nitrogens is 1. The molecule has 0 aliphatic carbocycles. The van der Waals surface area contributed by atoms with E-state index in [9.17, 15) is 19.8 Å². The number of aliphatic hydroxyl groups is 1. The van der Waals surface area contributed by atoms with Crippen molar-refractivity contribution in [2.45, 2.75) is 6.04 Å². The van der Waals surface area contributed by atoms with Gasteiger partial charge in [0.2, 0.25) is 0 Å². The second-order valence-electron chi connectivity index (χ2n) is 7.46. The summed E-state index contributed by atoms with van der Waals surface area (Å²) in [4.78, 5) is 32.3. The number of aliphatic hydroxyl groups excluding tert-OH is 1. The van der Waals surface area contributed by atoms with Gasteiger partial charge in [-0.3, -0.25) is 14.5 Å². The predicted molar refractivity (Wildman–Crippen MR) is 126 cm³/mol. The van der Waals surface area contributed by atoms with Crippen LogP contribution >= 0.6 is 11.3 Å². The fraction of sp³-hybridized carbons (Fsp3) is 0.0800. The molecule has 164 valence electrons. The number of carbonyl (C=O) groups is 2. The summed E-state index contributed by atoms with van der Waals surface area (Å²) in [5.41, 5.74) is 1.61. The highest BCUT2D eigenvalue weighted by Gasteiger charge is 2.48. The van der Waals surface area contributed by atoms with Crippen molar-refractivity contribution in [3.63, 3.8) is 0 Å². The van der Waals surface area contributed by atoms with Crippen molar-refractivity contribution in [2.75, 3.05) is 12.0 Å². The topological polar surface area (TPSA) is 100.0 Å². The molecule has 1 unspecified atom stereocenters. The molecule has 0 bridgehead atoms. The van der Waals surface area contributed by atoms with Gasteiger partial charge in [-0.2, -0.15) is 0 Å². The smallest absolute Gasteiger partial charge is 0.301 e. The van der Waals surface area contributed by atoms with Gasteiger partial charge in [-0.1, -0.05) is 53.8 Å². The van der Waals surface area contributed by atoms with Crippen molar-refractivity contribution in [1.29, 1.82) is 0 Å². The molecule has 1 amide bonds. The maximum Gasteiger partial charge on any atom is 0.301 e. The lowest BCUT2D eigenvalue weighted by Gasteiger charge is -2.23. The maximum absolute atomic E-state index is 13.2. The Balaban J connectivity index is 1.72. The Hall–Kier alpha value is -4.17. The number of phenols is 1. The van der Waals surface area contributed by atoms with E-state index in [0.29, 0.717) is 27.5 Å². The average molecular weight is 458 g/mol. The molecule has 33 heavy (non-hydrogen) atoms. The number of benzene rings is 3. The number of carbonyl (C=O) groups excluding carboxylic acids is 2. The molecule has 3 aromatic carbocycles. The molecule has 8 heteroatoms. The van der Waals surface area contributed by atoms with Gasteiger partial charge in [0.15, 0.2) is 5.13 Å². The molecule has 1 saturated heterocycles. The second kappa shape index (κ2) is 8.07. The molecule has 1 aromatic heterocycles. The summed E-state index contributed by atoms with van der Waals surface area (Å²) >= 11 is 1.25. The number of ether oxygens (including phenoxy) is 1. The quantitative estimate of drug-likeness (QED) is 0.263. The lowest BCUT2D eigenvalue weighted by Crippen LogP contribution is -2.29. The number of anilines is 1. The Morgan fingerprint density at radius 2 is 1.76 bits per heavy atom. The van der Waals surface area contributed by atoms with Gasteiger partial charge in [-0.15, -0.1) is 0 Å². The third-order valence-corrected chi connectivity index (χ3v) is 6.51. The van der Waals surface area contributed by atoms with Gasteiger partial charge >= 0.3 is 5.91 Å². The normalized spacial score (nSPS) is 17.6. The number of rotatable bonds is 4. The number of phenolic OH excluding ortho intramolecular Hbond substituents is 1. The number of nitrogens with zero attached hydrogens (tertiary/aromatic N) is 2. The van der Waals surface area contributed by atoms with Crippen molar-refractivity contribution in [1.82, 2.24) is 4.98 Å². The molecule has 0 spiro atoms. The largest absolute Gasteiger partial charge is 0.508 e. The van der Waals surface area contributed by atoms with Crippen molar-refractivity contribution in [2.24, 2.45) is 0 Å². The Morgan fingerprint density at radius 3 is 2.45 bits per heavy atom. The minimum Gasteiger partial charge on any atom is -0.508 e. The molecule has 0 radical (unpaired) electrons. The van der Waals surface area contributed by atoms with Crippen LogP contribution in [0.5, 0.6) is 11.5 Å². The van der Waals surface area contributed by atoms with Gasteiger partial charge in [-0.25, -0.2) is 4.98 Å². The van der Waals surface area contributed by atoms with E-state index < -0.39 is 17.7 Å². The minimum absolute atomic E-state index is 0.0336. The monoisotopic (exact) mass is 458 g/mol. The van der Waals surface area contributed by atoms with Crippen LogP contribution < -0.4 is 9.64 Å². The highest BCUT2D eigenvalue weighted by Crippen LogP contribution is 2.44. The van der Waals surface area contributed by atoms with Gasteiger partial charge in [0, 0.05) is 5.56 Å². The standard InChI is InChI=1S/C25H18N2O5S/c1-32-17-11-12-18-19(13-17)33-25(26-18)27-21(14-7-9-16(28)10-8-14)20(23(30)24(27)31)22(29)15-5-3-2-4-6-15/h2-13,21,28-29H,1H3. The zero-order chi connectivity index (χ0) is 23.1. The van der Waals surface area contributed by atoms with E-state index in [2.05, 4.69) is 4.98 Å². The van der Waals surface area contributed by atoms with Crippen LogP contribution in [0.3, 0.4) is 0 Å². The molecule has 2 N–H and O–H groups in total. The van der Waals surface area contributed by atoms with Gasteiger partial charge in [0.25, 0.3) is 5.78 Å². The van der Waals surface area contributed by atoms with Crippen LogP contribution in [0.1, 0.15) is 17.2 Å². The van der Waals surface area contributed by atoms with Gasteiger partial charge in [0.1, 0.15) is 17.3 Å². The van der Waals surface area contributed by atoms with Crippen LogP contribution in [0.15, 0.2) is 78.4 Å². The first-order valence-corrected chi connectivity index (χ1v) is 10.9. The number of hydrogen-bond donors (Lipinski definition) is 2. The zero-order valence-corrected chi connectivity index (χ0v) is 18.2. The highest BCUT2D eigenvalue weighted by molar-refractivity contribution is 7.22. The first-order valence-electron chi connectivity index (χ1n) is 10.1. The van der Waals surface area contributed by atoms with Crippen LogP contribution in [0, 0.1) is 0 Å². The summed E-state index contributed by atoms with van der Waals surface area (Å²) in [5.74, 6) is -1.15. The Labute approximate surface area is 192 Å². The number of thiazole rings is 1. The molecule has 0 saturated carbocycles. The van der Waals surface area contributed by atoms with E-state index in [4.69, 9.17) is 4.74 Å². The van der Waals surface area contributed by atoms with E-state index in [1.165, 1.54) is 28.4 Å². The SMILES string of the molecule is COc1ccc2nc(N3C(=O)C(=O)C(=C(O)c4ccccc4)C3c3ccc(O)cc3)sc2c1. The molecular formula is C25H18N2O5S. The van der Waals surface area contributed by atoms with Crippen LogP contribution in [-0.2, 0) is 9.59 Å². The third kappa shape index (κ3) is 3.50. The van der Waals surface area contributed by atoms with Crippen LogP contribution in [-0.4, -0.2) is 34.0 Å². The van der Waals surface area contributed by atoms with E-state index >= 15 is 0 Å². The summed E-state index contributed by atoms with van der Waals surface area (Å²) in [5, 5.41) is 21.1. The molecule has 7 nitrogen and oxygen atoms in total. The first kappa shape index (κ1) is 20.7. The number of ketones is 1. The highest BCUT2D eigenvalue weighted by atomic mass is 32.1. The van der Waals surface area contributed by atoms with Crippen LogP contribution in [0.2, 0.25) is 0 Å². The minimum atomic E-state index is -0.909. The summed E-state index contributed by atoms with van der Waals surface area (Å²) in [7, 11) is 1.57. The summed E-state index contributed by atoms with van der Waals surface area (Å²) in [6, 6.07) is 19.2. The zero-order valence-electron chi connectivity index (χ0n) is 17.4. The van der Waals surface area contributed by atoms with Crippen molar-refractivity contribution >= 4 is 44.1 Å². The summed E-state index contributed by atoms with van der Waals surface area (Å²) in [6.07, 6.45) is 0. The number of hydrogen-bond acceptors (Lipinski definition) is 7. The van der Waals surface area contributed by atoms with Gasteiger partial charge < -0.3 is 14.9 Å². The fourth-order valence-electron chi connectivity index (χ4n) is 3.88. The van der Waals surface area contributed by atoms with Crippen LogP contribution in [0.4, 0.5) is 5.13 Å². The van der Waals surface area contributed by atoms with Crippen LogP contribution in [0.25, 0.3) is 16.0 Å². The lowest BCUT2D eigenvalue weighted by molar-refractivity contribution is -0.132. The Bertz CT molecular complexity index is 1410. The number of methoxy groups -OCH3 is 1. The van der Waals surface area contributed by atoms with E-state index in [1.54, 1.807) is 61.7 Å². The molecule has 2 heterocycles. The molecule has 1 aliphatic rings. The number of aromatic hydroxyl groups is 1. The molecule has 5 rings (SSSR count). The number of amides is 1.